The lowest BCUT2D eigenvalue weighted by Gasteiger charge is -2.19. The first-order valence-corrected chi connectivity index (χ1v) is 7.42. The van der Waals surface area contributed by atoms with Crippen LogP contribution in [0.25, 0.3) is 11.3 Å². The molecule has 2 rings (SSSR count). The lowest BCUT2D eigenvalue weighted by molar-refractivity contribution is 0.317. The van der Waals surface area contributed by atoms with Crippen LogP contribution < -0.4 is 10.1 Å². The molecule has 1 aromatic carbocycles. The average Bonchev–Trinajstić information content (AvgIpc) is 2.92. The highest BCUT2D eigenvalue weighted by Crippen LogP contribution is 2.23. The predicted molar refractivity (Wildman–Crippen MR) is 84.3 cm³/mol. The molecule has 0 spiro atoms. The van der Waals surface area contributed by atoms with Crippen molar-refractivity contribution in [3.05, 3.63) is 36.0 Å². The first kappa shape index (κ1) is 15.6. The highest BCUT2D eigenvalue weighted by molar-refractivity contribution is 5.58. The van der Waals surface area contributed by atoms with Gasteiger partial charge < -0.3 is 14.6 Å². The molecule has 0 radical (unpaired) electrons. The second kappa shape index (κ2) is 6.76. The lowest BCUT2D eigenvalue weighted by atomic mass is 10.1. The number of hydrogen-bond acceptors (Lipinski definition) is 4. The molecule has 0 fully saturated rings. The molecule has 0 saturated carbocycles. The Morgan fingerprint density at radius 2 is 1.90 bits per heavy atom. The zero-order chi connectivity index (χ0) is 15.3. The predicted octanol–water partition coefficient (Wildman–Crippen LogP) is 4.02. The van der Waals surface area contributed by atoms with Gasteiger partial charge in [0.2, 0.25) is 0 Å². The van der Waals surface area contributed by atoms with Crippen molar-refractivity contribution in [2.24, 2.45) is 0 Å². The molecule has 0 amide bonds. The molecular formula is C17H24N2O2. The summed E-state index contributed by atoms with van der Waals surface area (Å²) in [5.74, 6) is 1.66. The van der Waals surface area contributed by atoms with Crippen molar-refractivity contribution in [2.75, 3.05) is 6.61 Å². The van der Waals surface area contributed by atoms with Gasteiger partial charge in [-0.25, -0.2) is 0 Å². The Bertz CT molecular complexity index is 553. The lowest BCUT2D eigenvalue weighted by Crippen LogP contribution is -2.35. The van der Waals surface area contributed by atoms with Gasteiger partial charge in [0, 0.05) is 23.7 Å². The number of aromatic nitrogens is 1. The Kier molecular flexibility index (Phi) is 5.02. The van der Waals surface area contributed by atoms with Crippen molar-refractivity contribution < 1.29 is 9.26 Å². The van der Waals surface area contributed by atoms with E-state index in [1.807, 2.05) is 30.3 Å². The van der Waals surface area contributed by atoms with Gasteiger partial charge in [-0.1, -0.05) is 12.1 Å². The second-order valence-electron chi connectivity index (χ2n) is 6.16. The van der Waals surface area contributed by atoms with Crippen molar-refractivity contribution in [3.8, 4) is 17.1 Å². The quantitative estimate of drug-likeness (QED) is 0.872. The Balaban J connectivity index is 2.00. The maximum Gasteiger partial charge on any atom is 0.167 e. The summed E-state index contributed by atoms with van der Waals surface area (Å²) in [5, 5.41) is 7.49. The molecule has 1 heterocycles. The maximum atomic E-state index is 5.57. The van der Waals surface area contributed by atoms with Gasteiger partial charge in [0.05, 0.1) is 12.3 Å². The van der Waals surface area contributed by atoms with Gasteiger partial charge >= 0.3 is 0 Å². The summed E-state index contributed by atoms with van der Waals surface area (Å²) in [6, 6.07) is 9.88. The number of rotatable bonds is 6. The smallest absolute Gasteiger partial charge is 0.167 e. The summed E-state index contributed by atoms with van der Waals surface area (Å²) < 4.78 is 11.0. The highest BCUT2D eigenvalue weighted by Gasteiger charge is 2.11. The van der Waals surface area contributed by atoms with E-state index >= 15 is 0 Å². The Hall–Kier alpha value is -1.81. The Labute approximate surface area is 126 Å². The molecule has 0 saturated heterocycles. The molecule has 4 nitrogen and oxygen atoms in total. The zero-order valence-corrected chi connectivity index (χ0v) is 13.3. The van der Waals surface area contributed by atoms with Gasteiger partial charge in [-0.3, -0.25) is 0 Å². The number of ether oxygens (including phenoxy) is 1. The van der Waals surface area contributed by atoms with Crippen LogP contribution in [0.1, 0.15) is 39.8 Å². The maximum absolute atomic E-state index is 5.57. The van der Waals surface area contributed by atoms with E-state index in [9.17, 15) is 0 Å². The average molecular weight is 288 g/mol. The Morgan fingerprint density at radius 3 is 2.52 bits per heavy atom. The topological polar surface area (TPSA) is 47.3 Å². The first-order valence-electron chi connectivity index (χ1n) is 7.42. The van der Waals surface area contributed by atoms with Crippen molar-refractivity contribution in [1.29, 1.82) is 0 Å². The third-order valence-electron chi connectivity index (χ3n) is 2.97. The number of nitrogens with one attached hydrogen (secondary N) is 1. The highest BCUT2D eigenvalue weighted by atomic mass is 16.5. The van der Waals surface area contributed by atoms with Gasteiger partial charge in [-0.15, -0.1) is 0 Å². The fourth-order valence-electron chi connectivity index (χ4n) is 1.82. The van der Waals surface area contributed by atoms with E-state index in [2.05, 4.69) is 38.2 Å². The fourth-order valence-corrected chi connectivity index (χ4v) is 1.82. The molecule has 21 heavy (non-hydrogen) atoms. The van der Waals surface area contributed by atoms with Crippen LogP contribution in [-0.4, -0.2) is 17.3 Å². The van der Waals surface area contributed by atoms with Crippen LogP contribution in [0.5, 0.6) is 5.75 Å². The van der Waals surface area contributed by atoms with Crippen LogP contribution in [0.15, 0.2) is 34.9 Å². The number of benzene rings is 1. The van der Waals surface area contributed by atoms with Gasteiger partial charge in [0.15, 0.2) is 5.76 Å². The summed E-state index contributed by atoms with van der Waals surface area (Å²) in [5.41, 5.74) is 1.98. The number of hydrogen-bond donors (Lipinski definition) is 1. The van der Waals surface area contributed by atoms with Gasteiger partial charge in [-0.2, -0.15) is 0 Å². The number of nitrogens with zero attached hydrogens (tertiary/aromatic N) is 1. The molecule has 1 aromatic heterocycles. The monoisotopic (exact) mass is 288 g/mol. The van der Waals surface area contributed by atoms with Crippen LogP contribution >= 0.6 is 0 Å². The van der Waals surface area contributed by atoms with E-state index in [1.165, 1.54) is 0 Å². The van der Waals surface area contributed by atoms with Crippen molar-refractivity contribution >= 4 is 0 Å². The molecule has 114 valence electrons. The van der Waals surface area contributed by atoms with Gasteiger partial charge in [0.1, 0.15) is 5.75 Å². The molecule has 0 unspecified atom stereocenters. The van der Waals surface area contributed by atoms with E-state index in [-0.39, 0.29) is 5.54 Å². The third-order valence-corrected chi connectivity index (χ3v) is 2.97. The second-order valence-corrected chi connectivity index (χ2v) is 6.16. The van der Waals surface area contributed by atoms with Crippen LogP contribution in [0.4, 0.5) is 0 Å². The molecular weight excluding hydrogens is 264 g/mol. The van der Waals surface area contributed by atoms with Gasteiger partial charge in [0.25, 0.3) is 0 Å². The van der Waals surface area contributed by atoms with E-state index < -0.39 is 0 Å². The van der Waals surface area contributed by atoms with E-state index in [0.717, 1.165) is 35.8 Å². The van der Waals surface area contributed by atoms with Gasteiger partial charge in [-0.05, 0) is 51.5 Å². The summed E-state index contributed by atoms with van der Waals surface area (Å²) in [7, 11) is 0. The minimum atomic E-state index is 0.0668. The normalized spacial score (nSPS) is 11.6. The van der Waals surface area contributed by atoms with Crippen LogP contribution in [0.3, 0.4) is 0 Å². The summed E-state index contributed by atoms with van der Waals surface area (Å²) in [6.07, 6.45) is 1.01. The van der Waals surface area contributed by atoms with Crippen molar-refractivity contribution in [3.63, 3.8) is 0 Å². The van der Waals surface area contributed by atoms with Crippen LogP contribution in [0.2, 0.25) is 0 Å². The molecule has 0 atom stereocenters. The largest absolute Gasteiger partial charge is 0.494 e. The molecule has 4 heteroatoms. The molecule has 0 bridgehead atoms. The molecule has 0 aliphatic heterocycles. The van der Waals surface area contributed by atoms with Crippen molar-refractivity contribution in [1.82, 2.24) is 10.5 Å². The fraction of sp³-hybridized carbons (Fsp3) is 0.471. The zero-order valence-electron chi connectivity index (χ0n) is 13.3. The summed E-state index contributed by atoms with van der Waals surface area (Å²) in [6.45, 7) is 9.92. The molecule has 1 N–H and O–H groups in total. The first-order chi connectivity index (χ1) is 9.98. The standard InChI is InChI=1S/C17H24N2O2/c1-5-10-20-15-8-6-13(7-9-15)16-11-14(19-21-16)12-18-17(2,3)4/h6-9,11,18H,5,10,12H2,1-4H3. The third kappa shape index (κ3) is 4.90. The van der Waals surface area contributed by atoms with E-state index in [0.29, 0.717) is 6.54 Å². The molecule has 2 aromatic rings. The van der Waals surface area contributed by atoms with Crippen LogP contribution in [-0.2, 0) is 6.54 Å². The van der Waals surface area contributed by atoms with Crippen LogP contribution in [0, 0.1) is 0 Å². The van der Waals surface area contributed by atoms with E-state index in [4.69, 9.17) is 9.26 Å². The minimum Gasteiger partial charge on any atom is -0.494 e. The van der Waals surface area contributed by atoms with E-state index in [1.54, 1.807) is 0 Å². The SMILES string of the molecule is CCCOc1ccc(-c2cc(CNC(C)(C)C)no2)cc1. The minimum absolute atomic E-state index is 0.0668. The van der Waals surface area contributed by atoms with Crippen molar-refractivity contribution in [2.45, 2.75) is 46.2 Å². The molecule has 0 aliphatic rings. The summed E-state index contributed by atoms with van der Waals surface area (Å²) in [4.78, 5) is 0. The Morgan fingerprint density at radius 1 is 1.19 bits per heavy atom. The summed E-state index contributed by atoms with van der Waals surface area (Å²) >= 11 is 0. The molecule has 0 aliphatic carbocycles.